The molecule has 3 aromatic rings. The van der Waals surface area contributed by atoms with Crippen molar-refractivity contribution in [3.05, 3.63) is 58.0 Å². The second-order valence-electron chi connectivity index (χ2n) is 6.18. The maximum absolute atomic E-state index is 12.2. The number of rotatable bonds is 5. The van der Waals surface area contributed by atoms with E-state index in [1.165, 1.54) is 4.57 Å². The SMILES string of the molecule is O=C(CCn1c(=O)oc2cc(Cl)ccc21)NC[C@H]1COc2ccccc2O1. The summed E-state index contributed by atoms with van der Waals surface area (Å²) in [6, 6.07) is 12.4. The van der Waals surface area contributed by atoms with Crippen molar-refractivity contribution in [1.29, 1.82) is 0 Å². The largest absolute Gasteiger partial charge is 0.486 e. The quantitative estimate of drug-likeness (QED) is 0.726. The van der Waals surface area contributed by atoms with E-state index in [9.17, 15) is 9.59 Å². The van der Waals surface area contributed by atoms with Crippen LogP contribution in [0.3, 0.4) is 0 Å². The molecule has 1 N–H and O–H groups in total. The number of para-hydroxylation sites is 2. The summed E-state index contributed by atoms with van der Waals surface area (Å²) in [5, 5.41) is 3.29. The van der Waals surface area contributed by atoms with Gasteiger partial charge in [-0.25, -0.2) is 4.79 Å². The van der Waals surface area contributed by atoms with Crippen LogP contribution in [0.15, 0.2) is 51.7 Å². The van der Waals surface area contributed by atoms with E-state index in [4.69, 9.17) is 25.5 Å². The van der Waals surface area contributed by atoms with Crippen molar-refractivity contribution >= 4 is 28.6 Å². The normalized spacial score (nSPS) is 15.7. The van der Waals surface area contributed by atoms with Gasteiger partial charge in [0.15, 0.2) is 17.1 Å². The van der Waals surface area contributed by atoms with E-state index in [1.807, 2.05) is 24.3 Å². The molecule has 2 heterocycles. The zero-order valence-electron chi connectivity index (χ0n) is 14.3. The molecule has 4 rings (SSSR count). The predicted octanol–water partition coefficient (Wildman–Crippen LogP) is 2.59. The Morgan fingerprint density at radius 1 is 1.22 bits per heavy atom. The number of carbonyl (C=O) groups is 1. The number of nitrogens with one attached hydrogen (secondary N) is 1. The first-order valence-corrected chi connectivity index (χ1v) is 8.92. The molecule has 0 saturated heterocycles. The van der Waals surface area contributed by atoms with E-state index >= 15 is 0 Å². The smallest absolute Gasteiger partial charge is 0.419 e. The van der Waals surface area contributed by atoms with E-state index in [-0.39, 0.29) is 25.0 Å². The molecule has 0 spiro atoms. The van der Waals surface area contributed by atoms with E-state index in [0.29, 0.717) is 40.8 Å². The number of hydrogen-bond acceptors (Lipinski definition) is 5. The van der Waals surface area contributed by atoms with Gasteiger partial charge in [-0.05, 0) is 24.3 Å². The van der Waals surface area contributed by atoms with Crippen LogP contribution in [0.2, 0.25) is 5.02 Å². The number of nitrogens with zero attached hydrogens (tertiary/aromatic N) is 1. The third-order valence-corrected chi connectivity index (χ3v) is 4.52. The van der Waals surface area contributed by atoms with Gasteiger partial charge in [0.25, 0.3) is 0 Å². The highest BCUT2D eigenvalue weighted by molar-refractivity contribution is 6.31. The number of amides is 1. The molecule has 7 nitrogen and oxygen atoms in total. The van der Waals surface area contributed by atoms with Gasteiger partial charge in [-0.1, -0.05) is 23.7 Å². The van der Waals surface area contributed by atoms with Crippen molar-refractivity contribution in [3.63, 3.8) is 0 Å². The number of oxazole rings is 1. The minimum absolute atomic E-state index is 0.140. The zero-order valence-corrected chi connectivity index (χ0v) is 15.1. The van der Waals surface area contributed by atoms with Gasteiger partial charge in [0, 0.05) is 24.1 Å². The number of aryl methyl sites for hydroxylation is 1. The van der Waals surface area contributed by atoms with Crippen LogP contribution in [0.5, 0.6) is 11.5 Å². The molecule has 27 heavy (non-hydrogen) atoms. The lowest BCUT2D eigenvalue weighted by Crippen LogP contribution is -2.41. The molecule has 2 aromatic carbocycles. The summed E-state index contributed by atoms with van der Waals surface area (Å²) in [5.41, 5.74) is 1.01. The molecule has 8 heteroatoms. The Morgan fingerprint density at radius 2 is 2.04 bits per heavy atom. The standard InChI is InChI=1S/C19H17ClN2O5/c20-12-5-6-14-17(9-12)27-19(24)22(14)8-7-18(23)21-10-13-11-25-15-3-1-2-4-16(15)26-13/h1-6,9,13H,7-8,10-11H2,(H,21,23)/t13-/m0/s1. The third kappa shape index (κ3) is 3.78. The highest BCUT2D eigenvalue weighted by atomic mass is 35.5. The van der Waals surface area contributed by atoms with Gasteiger partial charge < -0.3 is 19.2 Å². The van der Waals surface area contributed by atoms with Gasteiger partial charge in [-0.3, -0.25) is 9.36 Å². The van der Waals surface area contributed by atoms with E-state index in [2.05, 4.69) is 5.32 Å². The lowest BCUT2D eigenvalue weighted by molar-refractivity contribution is -0.121. The summed E-state index contributed by atoms with van der Waals surface area (Å²) in [6.45, 7) is 0.901. The maximum atomic E-state index is 12.2. The minimum atomic E-state index is -0.513. The molecule has 0 fully saturated rings. The fraction of sp³-hybridized carbons (Fsp3) is 0.263. The number of benzene rings is 2. The Bertz CT molecular complexity index is 1040. The monoisotopic (exact) mass is 388 g/mol. The maximum Gasteiger partial charge on any atom is 0.419 e. The fourth-order valence-corrected chi connectivity index (χ4v) is 3.11. The van der Waals surface area contributed by atoms with Gasteiger partial charge in [0.1, 0.15) is 12.7 Å². The van der Waals surface area contributed by atoms with Gasteiger partial charge in [0.05, 0.1) is 12.1 Å². The molecule has 0 unspecified atom stereocenters. The average Bonchev–Trinajstić information content (AvgIpc) is 2.98. The van der Waals surface area contributed by atoms with Crippen molar-refractivity contribution in [3.8, 4) is 11.5 Å². The van der Waals surface area contributed by atoms with Crippen LogP contribution in [-0.2, 0) is 11.3 Å². The van der Waals surface area contributed by atoms with E-state index in [0.717, 1.165) is 0 Å². The van der Waals surface area contributed by atoms with Crippen molar-refractivity contribution in [2.24, 2.45) is 0 Å². The molecule has 0 saturated carbocycles. The number of aromatic nitrogens is 1. The summed E-state index contributed by atoms with van der Waals surface area (Å²) in [5.74, 6) is 0.665. The number of hydrogen-bond donors (Lipinski definition) is 1. The molecule has 1 aliphatic heterocycles. The average molecular weight is 389 g/mol. The fourth-order valence-electron chi connectivity index (χ4n) is 2.95. The molecule has 140 valence electrons. The molecular formula is C19H17ClN2O5. The highest BCUT2D eigenvalue weighted by Gasteiger charge is 2.21. The van der Waals surface area contributed by atoms with Crippen molar-refractivity contribution in [2.45, 2.75) is 19.1 Å². The molecule has 0 radical (unpaired) electrons. The van der Waals surface area contributed by atoms with Crippen LogP contribution in [0.25, 0.3) is 11.1 Å². The van der Waals surface area contributed by atoms with Crippen LogP contribution < -0.4 is 20.5 Å². The second kappa shape index (κ2) is 7.36. The molecule has 0 bridgehead atoms. The van der Waals surface area contributed by atoms with E-state index < -0.39 is 5.76 Å². The van der Waals surface area contributed by atoms with Crippen LogP contribution >= 0.6 is 11.6 Å². The number of fused-ring (bicyclic) bond motifs is 2. The van der Waals surface area contributed by atoms with Gasteiger partial charge in [0.2, 0.25) is 5.91 Å². The van der Waals surface area contributed by atoms with Crippen LogP contribution in [0.4, 0.5) is 0 Å². The van der Waals surface area contributed by atoms with Crippen molar-refractivity contribution < 1.29 is 18.7 Å². The number of ether oxygens (including phenoxy) is 2. The molecule has 0 aliphatic carbocycles. The number of halogens is 1. The summed E-state index contributed by atoms with van der Waals surface area (Å²) in [4.78, 5) is 24.1. The summed E-state index contributed by atoms with van der Waals surface area (Å²) in [7, 11) is 0. The third-order valence-electron chi connectivity index (χ3n) is 4.29. The first-order valence-electron chi connectivity index (χ1n) is 8.54. The Balaban J connectivity index is 1.32. The predicted molar refractivity (Wildman–Crippen MR) is 99.5 cm³/mol. The van der Waals surface area contributed by atoms with Crippen LogP contribution in [-0.4, -0.2) is 29.7 Å². The van der Waals surface area contributed by atoms with Gasteiger partial charge >= 0.3 is 5.76 Å². The Labute approximate surface area is 159 Å². The molecule has 1 aliphatic rings. The molecule has 1 aromatic heterocycles. The lowest BCUT2D eigenvalue weighted by Gasteiger charge is -2.26. The second-order valence-corrected chi connectivity index (χ2v) is 6.62. The molecule has 1 atom stereocenters. The Morgan fingerprint density at radius 3 is 2.89 bits per heavy atom. The zero-order chi connectivity index (χ0) is 18.8. The Hall–Kier alpha value is -2.93. The molecule has 1 amide bonds. The lowest BCUT2D eigenvalue weighted by atomic mass is 10.2. The van der Waals surface area contributed by atoms with Crippen molar-refractivity contribution in [2.75, 3.05) is 13.2 Å². The van der Waals surface area contributed by atoms with Gasteiger partial charge in [-0.2, -0.15) is 0 Å². The minimum Gasteiger partial charge on any atom is -0.486 e. The van der Waals surface area contributed by atoms with Gasteiger partial charge in [-0.15, -0.1) is 0 Å². The molecular weight excluding hydrogens is 372 g/mol. The Kier molecular flexibility index (Phi) is 4.77. The summed E-state index contributed by atoms with van der Waals surface area (Å²) >= 11 is 5.90. The van der Waals surface area contributed by atoms with Crippen LogP contribution in [0.1, 0.15) is 6.42 Å². The van der Waals surface area contributed by atoms with Crippen LogP contribution in [0, 0.1) is 0 Å². The summed E-state index contributed by atoms with van der Waals surface area (Å²) < 4.78 is 18.0. The van der Waals surface area contributed by atoms with E-state index in [1.54, 1.807) is 18.2 Å². The first-order chi connectivity index (χ1) is 13.1. The number of carbonyl (C=O) groups excluding carboxylic acids is 1. The summed E-state index contributed by atoms with van der Waals surface area (Å²) in [6.07, 6.45) is -0.120. The first kappa shape index (κ1) is 17.5. The highest BCUT2D eigenvalue weighted by Crippen LogP contribution is 2.30. The topological polar surface area (TPSA) is 82.7 Å². The van der Waals surface area contributed by atoms with Crippen molar-refractivity contribution in [1.82, 2.24) is 9.88 Å².